The predicted octanol–water partition coefficient (Wildman–Crippen LogP) is -0.131. The first-order valence-electron chi connectivity index (χ1n) is 7.21. The molecule has 1 aromatic heterocycles. The van der Waals surface area contributed by atoms with E-state index in [9.17, 15) is 5.26 Å². The Bertz CT molecular complexity index is 699. The molecule has 2 heterocycles. The summed E-state index contributed by atoms with van der Waals surface area (Å²) in [5.74, 6) is 1.74. The number of hydrogen-bond acceptors (Lipinski definition) is 3. The number of methoxy groups -OCH3 is 1. The van der Waals surface area contributed by atoms with Gasteiger partial charge in [0.25, 0.3) is 5.82 Å². The van der Waals surface area contributed by atoms with E-state index in [1.165, 1.54) is 4.90 Å². The molecule has 1 saturated heterocycles. The van der Waals surface area contributed by atoms with Crippen LogP contribution in [0.1, 0.15) is 5.56 Å². The quantitative estimate of drug-likeness (QED) is 0.836. The highest BCUT2D eigenvalue weighted by Gasteiger charge is 2.27. The molecule has 0 aliphatic carbocycles. The maximum atomic E-state index is 9.43. The van der Waals surface area contributed by atoms with E-state index in [4.69, 9.17) is 4.74 Å². The fourth-order valence-corrected chi connectivity index (χ4v) is 2.76. The summed E-state index contributed by atoms with van der Waals surface area (Å²) in [7, 11) is 3.87. The molecule has 1 fully saturated rings. The first kappa shape index (κ1) is 13.7. The lowest BCUT2D eigenvalue weighted by Gasteiger charge is -2.26. The van der Waals surface area contributed by atoms with E-state index in [1.807, 2.05) is 24.3 Å². The van der Waals surface area contributed by atoms with Gasteiger partial charge in [-0.05, 0) is 18.2 Å². The van der Waals surface area contributed by atoms with Gasteiger partial charge >= 0.3 is 0 Å². The number of rotatable bonds is 2. The number of fused-ring (bicyclic) bond motifs is 1. The first-order valence-corrected chi connectivity index (χ1v) is 7.21. The van der Waals surface area contributed by atoms with Gasteiger partial charge in [0.1, 0.15) is 49.1 Å². The number of anilines is 1. The van der Waals surface area contributed by atoms with Crippen LogP contribution in [0.25, 0.3) is 10.9 Å². The lowest BCUT2D eigenvalue weighted by atomic mass is 10.1. The monoisotopic (exact) mass is 284 g/mol. The Hall–Kier alpha value is -2.32. The second kappa shape index (κ2) is 5.58. The Morgan fingerprint density at radius 3 is 2.71 bits per heavy atom. The molecule has 0 saturated carbocycles. The van der Waals surface area contributed by atoms with Crippen molar-refractivity contribution in [2.24, 2.45) is 0 Å². The number of H-pyrrole nitrogens is 1. The Morgan fingerprint density at radius 1 is 1.29 bits per heavy atom. The highest BCUT2D eigenvalue weighted by Crippen LogP contribution is 2.22. The van der Waals surface area contributed by atoms with Gasteiger partial charge in [0.05, 0.1) is 14.2 Å². The summed E-state index contributed by atoms with van der Waals surface area (Å²) in [4.78, 5) is 7.22. The van der Waals surface area contributed by atoms with E-state index >= 15 is 0 Å². The molecular weight excluding hydrogens is 264 g/mol. The van der Waals surface area contributed by atoms with Crippen LogP contribution in [0.3, 0.4) is 0 Å². The Kier molecular flexibility index (Phi) is 3.63. The van der Waals surface area contributed by atoms with Crippen LogP contribution in [0, 0.1) is 11.3 Å². The molecule has 2 N–H and O–H groups in total. The fraction of sp³-hybridized carbons (Fsp3) is 0.375. The zero-order valence-electron chi connectivity index (χ0n) is 12.4. The molecule has 0 bridgehead atoms. The van der Waals surface area contributed by atoms with Crippen molar-refractivity contribution < 1.29 is 14.6 Å². The topological polar surface area (TPSA) is 54.8 Å². The van der Waals surface area contributed by atoms with Crippen molar-refractivity contribution in [3.63, 3.8) is 0 Å². The zero-order chi connectivity index (χ0) is 14.8. The van der Waals surface area contributed by atoms with E-state index < -0.39 is 0 Å². The van der Waals surface area contributed by atoms with E-state index in [2.05, 4.69) is 23.0 Å². The number of ether oxygens (including phenoxy) is 1. The Morgan fingerprint density at radius 2 is 2.05 bits per heavy atom. The number of hydrogen-bond donors (Lipinski definition) is 1. The smallest absolute Gasteiger partial charge is 0.293 e. The summed E-state index contributed by atoms with van der Waals surface area (Å²) in [5, 5.41) is 10.5. The van der Waals surface area contributed by atoms with Gasteiger partial charge < -0.3 is 9.64 Å². The van der Waals surface area contributed by atoms with Crippen LogP contribution in [0.4, 0.5) is 5.82 Å². The summed E-state index contributed by atoms with van der Waals surface area (Å²) in [6.45, 7) is 4.11. The highest BCUT2D eigenvalue weighted by atomic mass is 16.5. The highest BCUT2D eigenvalue weighted by molar-refractivity contribution is 5.80. The third kappa shape index (κ3) is 2.63. The third-order valence-electron chi connectivity index (χ3n) is 4.12. The standard InChI is InChI=1S/C16H18N4O/c1-19-5-7-20(8-6-19)16-13(11-17)9-12-3-4-14(21-2)10-15(12)18-16/h3-4,9-10H,5-8H2,1-2H3/p+2. The number of aromatic nitrogens is 1. The van der Waals surface area contributed by atoms with Crippen LogP contribution in [0.5, 0.6) is 5.75 Å². The van der Waals surface area contributed by atoms with Crippen LogP contribution < -0.4 is 19.5 Å². The van der Waals surface area contributed by atoms with Gasteiger partial charge in [0, 0.05) is 11.5 Å². The van der Waals surface area contributed by atoms with Crippen LogP contribution in [-0.2, 0) is 0 Å². The largest absolute Gasteiger partial charge is 0.497 e. The number of piperazine rings is 1. The van der Waals surface area contributed by atoms with Gasteiger partial charge in [-0.1, -0.05) is 0 Å². The van der Waals surface area contributed by atoms with E-state index in [0.29, 0.717) is 5.56 Å². The number of nitrogens with zero attached hydrogens (tertiary/aromatic N) is 2. The molecule has 21 heavy (non-hydrogen) atoms. The van der Waals surface area contributed by atoms with Gasteiger partial charge in [-0.3, -0.25) is 0 Å². The predicted molar refractivity (Wildman–Crippen MR) is 80.6 cm³/mol. The second-order valence-electron chi connectivity index (χ2n) is 5.54. The molecule has 0 atom stereocenters. The van der Waals surface area contributed by atoms with Gasteiger partial charge in [0.15, 0.2) is 0 Å². The van der Waals surface area contributed by atoms with Gasteiger partial charge in [-0.25, -0.2) is 9.88 Å². The number of quaternary nitrogens is 1. The van der Waals surface area contributed by atoms with Crippen LogP contribution in [0.2, 0.25) is 0 Å². The number of nitriles is 1. The van der Waals surface area contributed by atoms with Crippen molar-refractivity contribution in [3.05, 3.63) is 29.8 Å². The van der Waals surface area contributed by atoms with Gasteiger partial charge in [-0.2, -0.15) is 5.26 Å². The molecule has 108 valence electrons. The molecule has 0 spiro atoms. The minimum Gasteiger partial charge on any atom is -0.497 e. The van der Waals surface area contributed by atoms with Crippen LogP contribution in [0.15, 0.2) is 24.3 Å². The lowest BCUT2D eigenvalue weighted by Crippen LogP contribution is -3.12. The van der Waals surface area contributed by atoms with Crippen molar-refractivity contribution >= 4 is 16.7 Å². The first-order chi connectivity index (χ1) is 10.2. The molecule has 0 amide bonds. The maximum absolute atomic E-state index is 9.43. The fourth-order valence-electron chi connectivity index (χ4n) is 2.76. The normalized spacial score (nSPS) is 16.0. The van der Waals surface area contributed by atoms with E-state index in [1.54, 1.807) is 7.11 Å². The van der Waals surface area contributed by atoms with Crippen molar-refractivity contribution in [1.82, 2.24) is 0 Å². The minimum absolute atomic E-state index is 0.701. The third-order valence-corrected chi connectivity index (χ3v) is 4.12. The second-order valence-corrected chi connectivity index (χ2v) is 5.54. The number of pyridine rings is 1. The Labute approximate surface area is 124 Å². The van der Waals surface area contributed by atoms with Gasteiger partial charge in [-0.15, -0.1) is 0 Å². The average Bonchev–Trinajstić information content (AvgIpc) is 2.53. The SMILES string of the molecule is COc1ccc2cc(C#N)c(N3CC[NH+](C)CC3)[nH+]c2c1. The van der Waals surface area contributed by atoms with Crippen molar-refractivity contribution in [3.8, 4) is 11.8 Å². The summed E-state index contributed by atoms with van der Waals surface area (Å²) >= 11 is 0. The van der Waals surface area contributed by atoms with E-state index in [0.717, 1.165) is 48.6 Å². The molecule has 1 aliphatic heterocycles. The van der Waals surface area contributed by atoms with Crippen LogP contribution >= 0.6 is 0 Å². The molecule has 5 heteroatoms. The number of benzene rings is 1. The molecule has 2 aromatic rings. The van der Waals surface area contributed by atoms with Crippen molar-refractivity contribution in [2.75, 3.05) is 45.2 Å². The summed E-state index contributed by atoms with van der Waals surface area (Å²) in [6, 6.07) is 10.1. The van der Waals surface area contributed by atoms with Gasteiger partial charge in [0.2, 0.25) is 0 Å². The Balaban J connectivity index is 2.05. The molecule has 5 nitrogen and oxygen atoms in total. The van der Waals surface area contributed by atoms with Crippen molar-refractivity contribution in [1.29, 1.82) is 5.26 Å². The van der Waals surface area contributed by atoms with E-state index in [-0.39, 0.29) is 0 Å². The number of nitrogens with one attached hydrogen (secondary N) is 2. The molecule has 0 unspecified atom stereocenters. The molecular formula is C16H20N4O+2. The number of likely N-dealkylation sites (N-methyl/N-ethyl adjacent to an activating group) is 1. The number of aromatic amines is 1. The maximum Gasteiger partial charge on any atom is 0.293 e. The lowest BCUT2D eigenvalue weighted by molar-refractivity contribution is -0.880. The zero-order valence-corrected chi connectivity index (χ0v) is 12.4. The van der Waals surface area contributed by atoms with Crippen LogP contribution in [-0.4, -0.2) is 40.3 Å². The summed E-state index contributed by atoms with van der Waals surface area (Å²) < 4.78 is 5.28. The molecule has 1 aromatic carbocycles. The summed E-state index contributed by atoms with van der Waals surface area (Å²) in [6.07, 6.45) is 0. The summed E-state index contributed by atoms with van der Waals surface area (Å²) in [5.41, 5.74) is 1.70. The average molecular weight is 284 g/mol. The van der Waals surface area contributed by atoms with Crippen molar-refractivity contribution in [2.45, 2.75) is 0 Å². The minimum atomic E-state index is 0.701. The molecule has 1 aliphatic rings. The molecule has 3 rings (SSSR count). The molecule has 0 radical (unpaired) electrons.